The van der Waals surface area contributed by atoms with Crippen molar-refractivity contribution in [1.82, 2.24) is 0 Å². The van der Waals surface area contributed by atoms with Gasteiger partial charge < -0.3 is 5.11 Å². The van der Waals surface area contributed by atoms with E-state index in [9.17, 15) is 13.9 Å². The molecule has 0 amide bonds. The fourth-order valence-electron chi connectivity index (χ4n) is 1.83. The highest BCUT2D eigenvalue weighted by Crippen LogP contribution is 2.22. The third-order valence-electron chi connectivity index (χ3n) is 2.92. The molecule has 0 aliphatic carbocycles. The van der Waals surface area contributed by atoms with Gasteiger partial charge in [-0.25, -0.2) is 8.78 Å². The number of aliphatic hydroxyl groups excluding tert-OH is 1. The minimum Gasteiger partial charge on any atom is -0.388 e. The predicted molar refractivity (Wildman–Crippen MR) is 66.2 cm³/mol. The van der Waals surface area contributed by atoms with Gasteiger partial charge in [-0.05, 0) is 24.6 Å². The molecule has 0 heterocycles. The lowest BCUT2D eigenvalue weighted by atomic mass is 10.00. The van der Waals surface area contributed by atoms with Gasteiger partial charge in [-0.2, -0.15) is 0 Å². The molecule has 1 nitrogen and oxygen atoms in total. The van der Waals surface area contributed by atoms with Crippen LogP contribution in [-0.4, -0.2) is 5.11 Å². The van der Waals surface area contributed by atoms with E-state index in [1.165, 1.54) is 18.2 Å². The molecule has 2 aromatic carbocycles. The summed E-state index contributed by atoms with van der Waals surface area (Å²) in [6.45, 7) is 1.94. The van der Waals surface area contributed by atoms with E-state index in [0.717, 1.165) is 5.56 Å². The van der Waals surface area contributed by atoms with Gasteiger partial charge in [0.25, 0.3) is 0 Å². The molecule has 0 saturated carbocycles. The van der Waals surface area contributed by atoms with Crippen LogP contribution in [0.4, 0.5) is 8.78 Å². The first-order chi connectivity index (χ1) is 8.58. The number of aliphatic hydroxyl groups is 1. The van der Waals surface area contributed by atoms with E-state index in [1.54, 1.807) is 12.1 Å². The number of hydrogen-bond donors (Lipinski definition) is 1. The van der Waals surface area contributed by atoms with Crippen molar-refractivity contribution >= 4 is 0 Å². The summed E-state index contributed by atoms with van der Waals surface area (Å²) in [6.07, 6.45) is -0.973. The molecule has 3 heteroatoms. The molecule has 0 fully saturated rings. The normalized spacial score (nSPS) is 12.4. The van der Waals surface area contributed by atoms with Crippen LogP contribution in [0.5, 0.6) is 0 Å². The van der Waals surface area contributed by atoms with Gasteiger partial charge in [-0.15, -0.1) is 0 Å². The summed E-state index contributed by atoms with van der Waals surface area (Å²) in [5.41, 5.74) is 1.65. The largest absolute Gasteiger partial charge is 0.388 e. The SMILES string of the molecule is Cc1ccc(C(O)Cc2c(F)cccc2F)cc1. The summed E-state index contributed by atoms with van der Waals surface area (Å²) in [5, 5.41) is 9.98. The summed E-state index contributed by atoms with van der Waals surface area (Å²) in [7, 11) is 0. The fourth-order valence-corrected chi connectivity index (χ4v) is 1.83. The van der Waals surface area contributed by atoms with Crippen LogP contribution < -0.4 is 0 Å². The Morgan fingerprint density at radius 2 is 1.56 bits per heavy atom. The maximum Gasteiger partial charge on any atom is 0.129 e. The van der Waals surface area contributed by atoms with Crippen molar-refractivity contribution in [3.8, 4) is 0 Å². The smallest absolute Gasteiger partial charge is 0.129 e. The summed E-state index contributed by atoms with van der Waals surface area (Å²) in [4.78, 5) is 0. The summed E-state index contributed by atoms with van der Waals surface area (Å²) in [6, 6.07) is 10.9. The first kappa shape index (κ1) is 12.7. The maximum atomic E-state index is 13.4. The van der Waals surface area contributed by atoms with E-state index in [2.05, 4.69) is 0 Å². The highest BCUT2D eigenvalue weighted by Gasteiger charge is 2.15. The van der Waals surface area contributed by atoms with Gasteiger partial charge in [-0.3, -0.25) is 0 Å². The van der Waals surface area contributed by atoms with E-state index in [0.29, 0.717) is 5.56 Å². The van der Waals surface area contributed by atoms with Crippen molar-refractivity contribution in [2.45, 2.75) is 19.4 Å². The molecule has 18 heavy (non-hydrogen) atoms. The topological polar surface area (TPSA) is 20.2 Å². The maximum absolute atomic E-state index is 13.4. The molecule has 1 N–H and O–H groups in total. The number of benzene rings is 2. The molecular formula is C15H14F2O. The average Bonchev–Trinajstić information content (AvgIpc) is 2.34. The van der Waals surface area contributed by atoms with Crippen molar-refractivity contribution in [3.05, 3.63) is 70.8 Å². The van der Waals surface area contributed by atoms with Crippen LogP contribution in [-0.2, 0) is 6.42 Å². The van der Waals surface area contributed by atoms with Crippen LogP contribution in [0.1, 0.15) is 22.8 Å². The Morgan fingerprint density at radius 1 is 1.00 bits per heavy atom. The Labute approximate surface area is 105 Å². The first-order valence-corrected chi connectivity index (χ1v) is 5.75. The average molecular weight is 248 g/mol. The lowest BCUT2D eigenvalue weighted by Crippen LogP contribution is -2.05. The molecule has 0 aliphatic heterocycles. The van der Waals surface area contributed by atoms with Crippen molar-refractivity contribution < 1.29 is 13.9 Å². The number of halogens is 2. The second-order valence-electron chi connectivity index (χ2n) is 4.33. The van der Waals surface area contributed by atoms with Crippen LogP contribution in [0.3, 0.4) is 0 Å². The van der Waals surface area contributed by atoms with Gasteiger partial charge >= 0.3 is 0 Å². The zero-order chi connectivity index (χ0) is 13.1. The highest BCUT2D eigenvalue weighted by atomic mass is 19.1. The van der Waals surface area contributed by atoms with E-state index in [1.807, 2.05) is 19.1 Å². The Hall–Kier alpha value is -1.74. The molecule has 0 aliphatic rings. The third kappa shape index (κ3) is 2.74. The van der Waals surface area contributed by atoms with E-state index >= 15 is 0 Å². The van der Waals surface area contributed by atoms with Gasteiger partial charge in [0.05, 0.1) is 6.10 Å². The molecule has 2 rings (SSSR count). The second-order valence-corrected chi connectivity index (χ2v) is 4.33. The quantitative estimate of drug-likeness (QED) is 0.880. The van der Waals surface area contributed by atoms with Gasteiger partial charge in [0.15, 0.2) is 0 Å². The number of aryl methyl sites for hydroxylation is 1. The van der Waals surface area contributed by atoms with Crippen molar-refractivity contribution in [2.75, 3.05) is 0 Å². The van der Waals surface area contributed by atoms with Crippen LogP contribution in [0.15, 0.2) is 42.5 Å². The van der Waals surface area contributed by atoms with Crippen molar-refractivity contribution in [3.63, 3.8) is 0 Å². The summed E-state index contributed by atoms with van der Waals surface area (Å²) in [5.74, 6) is -1.25. The Balaban J connectivity index is 2.21. The predicted octanol–water partition coefficient (Wildman–Crippen LogP) is 3.55. The Kier molecular flexibility index (Phi) is 3.72. The lowest BCUT2D eigenvalue weighted by Gasteiger charge is -2.12. The molecular weight excluding hydrogens is 234 g/mol. The van der Waals surface area contributed by atoms with E-state index < -0.39 is 17.7 Å². The molecule has 0 saturated heterocycles. The van der Waals surface area contributed by atoms with Crippen LogP contribution in [0.2, 0.25) is 0 Å². The lowest BCUT2D eigenvalue weighted by molar-refractivity contribution is 0.175. The van der Waals surface area contributed by atoms with Gasteiger partial charge in [0.1, 0.15) is 11.6 Å². The van der Waals surface area contributed by atoms with Crippen molar-refractivity contribution in [2.24, 2.45) is 0 Å². The Morgan fingerprint density at radius 3 is 2.11 bits per heavy atom. The highest BCUT2D eigenvalue weighted by molar-refractivity contribution is 5.26. The van der Waals surface area contributed by atoms with Gasteiger partial charge in [-0.1, -0.05) is 35.9 Å². The molecule has 1 unspecified atom stereocenters. The van der Waals surface area contributed by atoms with Gasteiger partial charge in [0.2, 0.25) is 0 Å². The van der Waals surface area contributed by atoms with E-state index in [4.69, 9.17) is 0 Å². The van der Waals surface area contributed by atoms with Crippen LogP contribution in [0, 0.1) is 18.6 Å². The monoisotopic (exact) mass is 248 g/mol. The fraction of sp³-hybridized carbons (Fsp3) is 0.200. The standard InChI is InChI=1S/C15H14F2O/c1-10-5-7-11(8-6-10)15(18)9-12-13(16)3-2-4-14(12)17/h2-8,15,18H,9H2,1H3. The Bertz CT molecular complexity index is 514. The molecule has 0 spiro atoms. The first-order valence-electron chi connectivity index (χ1n) is 5.75. The molecule has 94 valence electrons. The summed E-state index contributed by atoms with van der Waals surface area (Å²) < 4.78 is 26.9. The number of hydrogen-bond acceptors (Lipinski definition) is 1. The molecule has 0 aromatic heterocycles. The molecule has 2 aromatic rings. The number of rotatable bonds is 3. The molecule has 1 atom stereocenters. The third-order valence-corrected chi connectivity index (χ3v) is 2.92. The van der Waals surface area contributed by atoms with Gasteiger partial charge in [0, 0.05) is 12.0 Å². The minimum atomic E-state index is -0.906. The van der Waals surface area contributed by atoms with E-state index in [-0.39, 0.29) is 12.0 Å². The molecule has 0 bridgehead atoms. The second kappa shape index (κ2) is 5.27. The molecule has 0 radical (unpaired) electrons. The van der Waals surface area contributed by atoms with Crippen LogP contribution in [0.25, 0.3) is 0 Å². The van der Waals surface area contributed by atoms with Crippen molar-refractivity contribution in [1.29, 1.82) is 0 Å². The van der Waals surface area contributed by atoms with Crippen LogP contribution >= 0.6 is 0 Å². The minimum absolute atomic E-state index is 0.0679. The summed E-state index contributed by atoms with van der Waals surface area (Å²) >= 11 is 0. The zero-order valence-electron chi connectivity index (χ0n) is 10.0. The zero-order valence-corrected chi connectivity index (χ0v) is 10.0.